The number of carbonyl (C=O) groups is 1. The first-order valence-corrected chi connectivity index (χ1v) is 9.96. The predicted octanol–water partition coefficient (Wildman–Crippen LogP) is 4.19. The van der Waals surface area contributed by atoms with Gasteiger partial charge in [0.25, 0.3) is 0 Å². The molecule has 1 heterocycles. The lowest BCUT2D eigenvalue weighted by molar-refractivity contribution is -0.142. The minimum atomic E-state index is -0.0398. The van der Waals surface area contributed by atoms with Crippen LogP contribution >= 0.6 is 11.8 Å². The van der Waals surface area contributed by atoms with E-state index < -0.39 is 0 Å². The first-order chi connectivity index (χ1) is 10.9. The number of carbonyl (C=O) groups excluding carboxylic acids is 1. The lowest BCUT2D eigenvalue weighted by Crippen LogP contribution is -2.51. The molecule has 1 aromatic rings. The number of aromatic nitrogens is 3. The summed E-state index contributed by atoms with van der Waals surface area (Å²) in [4.78, 5) is 17.8. The first kappa shape index (κ1) is 15.7. The van der Waals surface area contributed by atoms with Crippen molar-refractivity contribution in [2.24, 2.45) is 23.2 Å². The topological polar surface area (TPSA) is 58.6 Å². The molecular formula is C18H27N3OS. The van der Waals surface area contributed by atoms with Crippen molar-refractivity contribution in [1.82, 2.24) is 15.2 Å². The maximum absolute atomic E-state index is 13.3. The molecule has 4 aliphatic rings. The maximum atomic E-state index is 13.3. The van der Waals surface area contributed by atoms with Crippen LogP contribution in [-0.2, 0) is 4.79 Å². The lowest BCUT2D eigenvalue weighted by atomic mass is 9.48. The Labute approximate surface area is 142 Å². The number of nitrogens with zero attached hydrogens (tertiary/aromatic N) is 2. The third-order valence-corrected chi connectivity index (χ3v) is 7.20. The molecule has 4 saturated carbocycles. The van der Waals surface area contributed by atoms with E-state index in [0.29, 0.717) is 11.7 Å². The summed E-state index contributed by atoms with van der Waals surface area (Å²) in [5, 5.41) is 7.95. The van der Waals surface area contributed by atoms with E-state index in [-0.39, 0.29) is 10.7 Å². The summed E-state index contributed by atoms with van der Waals surface area (Å²) >= 11 is 1.54. The maximum Gasteiger partial charge on any atom is 0.209 e. The number of hydrogen-bond donors (Lipinski definition) is 1. The Morgan fingerprint density at radius 3 is 2.17 bits per heavy atom. The van der Waals surface area contributed by atoms with Crippen molar-refractivity contribution in [3.63, 3.8) is 0 Å². The highest BCUT2D eigenvalue weighted by Crippen LogP contribution is 2.61. The van der Waals surface area contributed by atoms with Gasteiger partial charge in [-0.25, -0.2) is 4.98 Å². The van der Waals surface area contributed by atoms with Crippen molar-refractivity contribution < 1.29 is 4.79 Å². The molecular weight excluding hydrogens is 306 g/mol. The van der Waals surface area contributed by atoms with E-state index >= 15 is 0 Å². The van der Waals surface area contributed by atoms with Gasteiger partial charge < -0.3 is 0 Å². The van der Waals surface area contributed by atoms with Crippen LogP contribution in [0.4, 0.5) is 0 Å². The lowest BCUT2D eigenvalue weighted by Gasteiger charge is -2.56. The minimum absolute atomic E-state index is 0.0155. The van der Waals surface area contributed by atoms with E-state index in [1.165, 1.54) is 31.0 Å². The Morgan fingerprint density at radius 2 is 1.70 bits per heavy atom. The predicted molar refractivity (Wildman–Crippen MR) is 91.4 cm³/mol. The Bertz CT molecular complexity index is 574. The molecule has 4 bridgehead atoms. The summed E-state index contributed by atoms with van der Waals surface area (Å²) in [5.74, 6) is 4.17. The molecule has 0 saturated heterocycles. The van der Waals surface area contributed by atoms with E-state index in [0.717, 1.165) is 48.0 Å². The largest absolute Gasteiger partial charge is 0.298 e. The van der Waals surface area contributed by atoms with E-state index in [9.17, 15) is 4.79 Å². The second-order valence-electron chi connectivity index (χ2n) is 8.48. The third-order valence-electron chi connectivity index (χ3n) is 6.24. The number of ketones is 1. The first-order valence-electron chi connectivity index (χ1n) is 9.08. The molecule has 4 nitrogen and oxygen atoms in total. The summed E-state index contributed by atoms with van der Waals surface area (Å²) in [6, 6.07) is 0. The van der Waals surface area contributed by atoms with Crippen LogP contribution in [0.3, 0.4) is 0 Å². The minimum Gasteiger partial charge on any atom is -0.298 e. The average Bonchev–Trinajstić information content (AvgIpc) is 2.93. The number of Topliss-reactive ketones (excluding diaryl/α,β-unsaturated/α-hetero) is 1. The Hall–Kier alpha value is -0.840. The van der Waals surface area contributed by atoms with E-state index in [4.69, 9.17) is 0 Å². The number of thioether (sulfide) groups is 1. The second-order valence-corrected chi connectivity index (χ2v) is 9.79. The second kappa shape index (κ2) is 5.61. The van der Waals surface area contributed by atoms with Gasteiger partial charge in [-0.2, -0.15) is 0 Å². The zero-order valence-corrected chi connectivity index (χ0v) is 15.2. The number of hydrogen-bond acceptors (Lipinski definition) is 4. The van der Waals surface area contributed by atoms with Crippen LogP contribution in [-0.4, -0.2) is 26.2 Å². The molecule has 126 valence electrons. The average molecular weight is 334 g/mol. The van der Waals surface area contributed by atoms with Crippen molar-refractivity contribution in [2.45, 2.75) is 75.6 Å². The van der Waals surface area contributed by atoms with Gasteiger partial charge in [-0.1, -0.05) is 25.6 Å². The number of aromatic amines is 1. The molecule has 4 aliphatic carbocycles. The zero-order valence-electron chi connectivity index (χ0n) is 14.3. The van der Waals surface area contributed by atoms with Gasteiger partial charge in [0.1, 0.15) is 5.82 Å². The molecule has 1 N–H and O–H groups in total. The Balaban J connectivity index is 1.47. The van der Waals surface area contributed by atoms with Gasteiger partial charge in [0.15, 0.2) is 5.78 Å². The van der Waals surface area contributed by atoms with E-state index in [1.807, 2.05) is 0 Å². The SMILES string of the molecule is CC(C)c1nc(S[C@@H](C)C(=O)C23CC4CC(CC(C4)C2)C3)n[nH]1. The van der Waals surface area contributed by atoms with Crippen LogP contribution in [0, 0.1) is 23.2 Å². The fraction of sp³-hybridized carbons (Fsp3) is 0.833. The molecule has 0 aromatic carbocycles. The van der Waals surface area contributed by atoms with Crippen molar-refractivity contribution >= 4 is 17.5 Å². The van der Waals surface area contributed by atoms with E-state index in [2.05, 4.69) is 36.0 Å². The van der Waals surface area contributed by atoms with Crippen LogP contribution in [0.2, 0.25) is 0 Å². The van der Waals surface area contributed by atoms with Crippen LogP contribution in [0.15, 0.2) is 5.16 Å². The Kier molecular flexibility index (Phi) is 3.82. The molecule has 0 aliphatic heterocycles. The van der Waals surface area contributed by atoms with Gasteiger partial charge in [0.2, 0.25) is 5.16 Å². The molecule has 1 aromatic heterocycles. The molecule has 5 rings (SSSR count). The van der Waals surface area contributed by atoms with Gasteiger partial charge in [-0.3, -0.25) is 9.89 Å². The van der Waals surface area contributed by atoms with Crippen LogP contribution in [0.1, 0.15) is 71.0 Å². The fourth-order valence-corrected chi connectivity index (χ4v) is 6.55. The Morgan fingerprint density at radius 1 is 1.13 bits per heavy atom. The summed E-state index contributed by atoms with van der Waals surface area (Å²) < 4.78 is 0. The highest BCUT2D eigenvalue weighted by atomic mass is 32.2. The van der Waals surface area contributed by atoms with Crippen molar-refractivity contribution in [1.29, 1.82) is 0 Å². The summed E-state index contributed by atoms with van der Waals surface area (Å²) in [7, 11) is 0. The highest BCUT2D eigenvalue weighted by Gasteiger charge is 2.55. The molecule has 5 heteroatoms. The van der Waals surface area contributed by atoms with Gasteiger partial charge in [0, 0.05) is 11.3 Å². The van der Waals surface area contributed by atoms with Crippen molar-refractivity contribution in [2.75, 3.05) is 0 Å². The van der Waals surface area contributed by atoms with Crippen molar-refractivity contribution in [3.8, 4) is 0 Å². The fourth-order valence-electron chi connectivity index (χ4n) is 5.62. The summed E-state index contributed by atoms with van der Waals surface area (Å²) in [6.45, 7) is 6.24. The molecule has 0 spiro atoms. The highest BCUT2D eigenvalue weighted by molar-refractivity contribution is 8.00. The quantitative estimate of drug-likeness (QED) is 0.821. The van der Waals surface area contributed by atoms with Crippen LogP contribution in [0.5, 0.6) is 0 Å². The van der Waals surface area contributed by atoms with Crippen LogP contribution < -0.4 is 0 Å². The monoisotopic (exact) mass is 333 g/mol. The normalized spacial score (nSPS) is 36.6. The molecule has 23 heavy (non-hydrogen) atoms. The van der Waals surface area contributed by atoms with Crippen molar-refractivity contribution in [3.05, 3.63) is 5.82 Å². The molecule has 4 fully saturated rings. The van der Waals surface area contributed by atoms with Gasteiger partial charge in [-0.05, 0) is 63.2 Å². The van der Waals surface area contributed by atoms with Gasteiger partial charge in [-0.15, -0.1) is 5.10 Å². The zero-order chi connectivity index (χ0) is 16.2. The number of H-pyrrole nitrogens is 1. The standard InChI is InChI=1S/C18H27N3OS/c1-10(2)16-19-17(21-20-16)23-11(3)15(22)18-7-12-4-13(8-18)6-14(5-12)9-18/h10-14H,4-9H2,1-3H3,(H,19,20,21)/t11-,12?,13?,14?,18?/m0/s1. The van der Waals surface area contributed by atoms with Gasteiger partial charge >= 0.3 is 0 Å². The molecule has 0 unspecified atom stereocenters. The summed E-state index contributed by atoms with van der Waals surface area (Å²) in [6.07, 6.45) is 7.59. The van der Waals surface area contributed by atoms with Gasteiger partial charge in [0.05, 0.1) is 5.25 Å². The molecule has 0 amide bonds. The van der Waals surface area contributed by atoms with E-state index in [1.54, 1.807) is 0 Å². The number of rotatable bonds is 5. The van der Waals surface area contributed by atoms with Crippen LogP contribution in [0.25, 0.3) is 0 Å². The third kappa shape index (κ3) is 2.75. The smallest absolute Gasteiger partial charge is 0.209 e. The molecule has 0 radical (unpaired) electrons. The number of nitrogens with one attached hydrogen (secondary N) is 1. The molecule has 1 atom stereocenters. The summed E-state index contributed by atoms with van der Waals surface area (Å²) in [5.41, 5.74) is -0.0155.